The summed E-state index contributed by atoms with van der Waals surface area (Å²) in [5, 5.41) is 6.48. The standard InChI is InChI=1S/C17H24N4/c1-5-6-7-14-8-10-15(11-9-14)21-17-12(2)16(18-4)19-13(3)20-17/h8-11H,5-7H2,1-4H3,(H2,18,19,20,21). The van der Waals surface area contributed by atoms with Crippen LogP contribution in [0.1, 0.15) is 36.7 Å². The fraction of sp³-hybridized carbons (Fsp3) is 0.412. The van der Waals surface area contributed by atoms with Crippen molar-refractivity contribution in [1.82, 2.24) is 9.97 Å². The van der Waals surface area contributed by atoms with Crippen molar-refractivity contribution in [2.75, 3.05) is 17.7 Å². The molecule has 0 radical (unpaired) electrons. The lowest BCUT2D eigenvalue weighted by atomic mass is 10.1. The van der Waals surface area contributed by atoms with Gasteiger partial charge in [-0.2, -0.15) is 0 Å². The Hall–Kier alpha value is -2.10. The van der Waals surface area contributed by atoms with Gasteiger partial charge in [0, 0.05) is 18.3 Å². The highest BCUT2D eigenvalue weighted by atomic mass is 15.1. The van der Waals surface area contributed by atoms with Crippen LogP contribution in [0.5, 0.6) is 0 Å². The van der Waals surface area contributed by atoms with Crippen molar-refractivity contribution < 1.29 is 0 Å². The molecule has 2 N–H and O–H groups in total. The first kappa shape index (κ1) is 15.3. The Morgan fingerprint density at radius 1 is 1.00 bits per heavy atom. The minimum absolute atomic E-state index is 0.756. The summed E-state index contributed by atoms with van der Waals surface area (Å²) in [6.45, 7) is 6.14. The lowest BCUT2D eigenvalue weighted by molar-refractivity contribution is 0.795. The van der Waals surface area contributed by atoms with Crippen LogP contribution in [0, 0.1) is 13.8 Å². The number of hydrogen-bond donors (Lipinski definition) is 2. The molecule has 1 aromatic carbocycles. The number of aromatic nitrogens is 2. The molecule has 112 valence electrons. The second-order valence-corrected chi connectivity index (χ2v) is 5.27. The van der Waals surface area contributed by atoms with Gasteiger partial charge in [0.1, 0.15) is 17.5 Å². The van der Waals surface area contributed by atoms with Crippen molar-refractivity contribution >= 4 is 17.3 Å². The molecule has 0 saturated heterocycles. The normalized spacial score (nSPS) is 10.5. The number of nitrogens with zero attached hydrogens (tertiary/aromatic N) is 2. The number of benzene rings is 1. The summed E-state index contributed by atoms with van der Waals surface area (Å²) in [6, 6.07) is 8.59. The van der Waals surface area contributed by atoms with Crippen LogP contribution in [0.2, 0.25) is 0 Å². The van der Waals surface area contributed by atoms with E-state index in [0.717, 1.165) is 35.1 Å². The Balaban J connectivity index is 2.16. The summed E-state index contributed by atoms with van der Waals surface area (Å²) in [5.74, 6) is 2.48. The monoisotopic (exact) mass is 284 g/mol. The van der Waals surface area contributed by atoms with Crippen LogP contribution in [0.3, 0.4) is 0 Å². The lowest BCUT2D eigenvalue weighted by Crippen LogP contribution is -2.05. The molecule has 0 aliphatic carbocycles. The first-order valence-electron chi connectivity index (χ1n) is 7.53. The van der Waals surface area contributed by atoms with Crippen molar-refractivity contribution in [3.63, 3.8) is 0 Å². The summed E-state index contributed by atoms with van der Waals surface area (Å²) in [5.41, 5.74) is 3.46. The summed E-state index contributed by atoms with van der Waals surface area (Å²) in [6.07, 6.45) is 3.61. The van der Waals surface area contributed by atoms with Gasteiger partial charge >= 0.3 is 0 Å². The van der Waals surface area contributed by atoms with Crippen molar-refractivity contribution in [2.45, 2.75) is 40.0 Å². The second-order valence-electron chi connectivity index (χ2n) is 5.27. The van der Waals surface area contributed by atoms with Crippen LogP contribution >= 0.6 is 0 Å². The maximum Gasteiger partial charge on any atom is 0.139 e. The average molecular weight is 284 g/mol. The van der Waals surface area contributed by atoms with E-state index in [2.05, 4.69) is 51.8 Å². The van der Waals surface area contributed by atoms with E-state index >= 15 is 0 Å². The Morgan fingerprint density at radius 3 is 2.29 bits per heavy atom. The van der Waals surface area contributed by atoms with E-state index in [1.165, 1.54) is 18.4 Å². The van der Waals surface area contributed by atoms with Crippen LogP contribution < -0.4 is 10.6 Å². The van der Waals surface area contributed by atoms with Crippen molar-refractivity contribution in [1.29, 1.82) is 0 Å². The molecule has 0 fully saturated rings. The summed E-state index contributed by atoms with van der Waals surface area (Å²) in [4.78, 5) is 8.87. The molecular weight excluding hydrogens is 260 g/mol. The van der Waals surface area contributed by atoms with Gasteiger partial charge in [0.2, 0.25) is 0 Å². The molecule has 0 amide bonds. The maximum atomic E-state index is 4.49. The van der Waals surface area contributed by atoms with Gasteiger partial charge in [0.05, 0.1) is 0 Å². The smallest absolute Gasteiger partial charge is 0.139 e. The molecule has 4 heteroatoms. The molecule has 0 spiro atoms. The predicted molar refractivity (Wildman–Crippen MR) is 89.4 cm³/mol. The Bertz CT molecular complexity index is 590. The van der Waals surface area contributed by atoms with E-state index in [4.69, 9.17) is 0 Å². The lowest BCUT2D eigenvalue weighted by Gasteiger charge is -2.13. The van der Waals surface area contributed by atoms with Crippen LogP contribution in [0.15, 0.2) is 24.3 Å². The Labute approximate surface area is 127 Å². The van der Waals surface area contributed by atoms with Crippen molar-refractivity contribution in [3.8, 4) is 0 Å². The average Bonchev–Trinajstić information content (AvgIpc) is 2.49. The number of nitrogens with one attached hydrogen (secondary N) is 2. The number of rotatable bonds is 6. The predicted octanol–water partition coefficient (Wildman–Crippen LogP) is 4.22. The van der Waals surface area contributed by atoms with Gasteiger partial charge in [-0.3, -0.25) is 0 Å². The van der Waals surface area contributed by atoms with Crippen molar-refractivity contribution in [3.05, 3.63) is 41.2 Å². The van der Waals surface area contributed by atoms with E-state index < -0.39 is 0 Å². The van der Waals surface area contributed by atoms with Gasteiger partial charge in [-0.1, -0.05) is 25.5 Å². The van der Waals surface area contributed by atoms with Gasteiger partial charge < -0.3 is 10.6 Å². The van der Waals surface area contributed by atoms with Gasteiger partial charge in [-0.05, 0) is 44.4 Å². The summed E-state index contributed by atoms with van der Waals surface area (Å²) >= 11 is 0. The van der Waals surface area contributed by atoms with Crippen molar-refractivity contribution in [2.24, 2.45) is 0 Å². The largest absolute Gasteiger partial charge is 0.373 e. The zero-order valence-electron chi connectivity index (χ0n) is 13.3. The fourth-order valence-electron chi connectivity index (χ4n) is 2.27. The first-order valence-corrected chi connectivity index (χ1v) is 7.53. The maximum absolute atomic E-state index is 4.49. The highest BCUT2D eigenvalue weighted by Gasteiger charge is 2.08. The topological polar surface area (TPSA) is 49.8 Å². The molecule has 21 heavy (non-hydrogen) atoms. The second kappa shape index (κ2) is 7.07. The molecule has 0 atom stereocenters. The molecule has 2 rings (SSSR count). The number of aryl methyl sites for hydroxylation is 2. The number of unbranched alkanes of at least 4 members (excludes halogenated alkanes) is 1. The molecule has 1 aromatic heterocycles. The summed E-state index contributed by atoms with van der Waals surface area (Å²) < 4.78 is 0. The van der Waals surface area contributed by atoms with Crippen LogP contribution in [0.4, 0.5) is 17.3 Å². The molecule has 2 aromatic rings. The fourth-order valence-corrected chi connectivity index (χ4v) is 2.27. The van der Waals surface area contributed by atoms with Gasteiger partial charge in [0.25, 0.3) is 0 Å². The molecule has 4 nitrogen and oxygen atoms in total. The third kappa shape index (κ3) is 3.94. The van der Waals surface area contributed by atoms with E-state index in [0.29, 0.717) is 0 Å². The summed E-state index contributed by atoms with van der Waals surface area (Å²) in [7, 11) is 1.88. The molecule has 1 heterocycles. The first-order chi connectivity index (χ1) is 10.1. The molecule has 0 saturated carbocycles. The Kier molecular flexibility index (Phi) is 5.14. The van der Waals surface area contributed by atoms with Crippen LogP contribution in [-0.4, -0.2) is 17.0 Å². The zero-order valence-corrected chi connectivity index (χ0v) is 13.3. The van der Waals surface area contributed by atoms with Gasteiger partial charge in [-0.25, -0.2) is 9.97 Å². The van der Waals surface area contributed by atoms with E-state index in [1.54, 1.807) is 0 Å². The minimum Gasteiger partial charge on any atom is -0.373 e. The third-order valence-corrected chi connectivity index (χ3v) is 3.53. The minimum atomic E-state index is 0.756. The SMILES string of the molecule is CCCCc1ccc(Nc2nc(C)nc(NC)c2C)cc1. The number of hydrogen-bond acceptors (Lipinski definition) is 4. The van der Waals surface area contributed by atoms with E-state index in [1.807, 2.05) is 20.9 Å². The van der Waals surface area contributed by atoms with E-state index in [9.17, 15) is 0 Å². The number of anilines is 3. The quantitative estimate of drug-likeness (QED) is 0.833. The molecular formula is C17H24N4. The molecule has 0 unspecified atom stereocenters. The van der Waals surface area contributed by atoms with E-state index in [-0.39, 0.29) is 0 Å². The molecule has 0 bridgehead atoms. The van der Waals surface area contributed by atoms with Gasteiger partial charge in [-0.15, -0.1) is 0 Å². The highest BCUT2D eigenvalue weighted by molar-refractivity contribution is 5.64. The van der Waals surface area contributed by atoms with Gasteiger partial charge in [0.15, 0.2) is 0 Å². The zero-order chi connectivity index (χ0) is 15.2. The molecule has 0 aliphatic rings. The third-order valence-electron chi connectivity index (χ3n) is 3.53. The van der Waals surface area contributed by atoms with Crippen LogP contribution in [-0.2, 0) is 6.42 Å². The Morgan fingerprint density at radius 2 is 1.67 bits per heavy atom. The molecule has 0 aliphatic heterocycles. The highest BCUT2D eigenvalue weighted by Crippen LogP contribution is 2.23. The van der Waals surface area contributed by atoms with Crippen LogP contribution in [0.25, 0.3) is 0 Å².